The van der Waals surface area contributed by atoms with E-state index < -0.39 is 59.5 Å². The normalized spacial score (nSPS) is 40.9. The van der Waals surface area contributed by atoms with Crippen molar-refractivity contribution >= 4 is 29.4 Å². The minimum absolute atomic E-state index is 0.00254. The Labute approximate surface area is 245 Å². The predicted octanol–water partition coefficient (Wildman–Crippen LogP) is 1.25. The first kappa shape index (κ1) is 30.8. The van der Waals surface area contributed by atoms with E-state index in [2.05, 4.69) is 6.92 Å². The van der Waals surface area contributed by atoms with Crippen molar-refractivity contribution in [2.75, 3.05) is 20.3 Å². The number of fused-ring (bicyclic) bond motifs is 5. The van der Waals surface area contributed by atoms with Crippen LogP contribution in [0.4, 0.5) is 0 Å². The van der Waals surface area contributed by atoms with Gasteiger partial charge in [-0.05, 0) is 67.8 Å². The molecule has 2 unspecified atom stereocenters. The molecule has 3 N–H and O–H groups in total. The van der Waals surface area contributed by atoms with Gasteiger partial charge in [-0.1, -0.05) is 19.4 Å². The van der Waals surface area contributed by atoms with Crippen molar-refractivity contribution in [3.63, 3.8) is 0 Å². The maximum absolute atomic E-state index is 13.5. The summed E-state index contributed by atoms with van der Waals surface area (Å²) in [5, 5.41) is 33.2. The van der Waals surface area contributed by atoms with E-state index in [1.807, 2.05) is 6.92 Å². The summed E-state index contributed by atoms with van der Waals surface area (Å²) in [7, 11) is 1.19. The molecule has 5 aliphatic rings. The Morgan fingerprint density at radius 2 is 1.81 bits per heavy atom. The number of Topliss-reactive ketones (excluding diaryl/α,β-unsaturated/α-hetero) is 1. The van der Waals surface area contributed by atoms with Crippen LogP contribution in [0.5, 0.6) is 0 Å². The number of methoxy groups -OCH3 is 1. The number of nitrogens with zero attached hydrogens (tertiary/aromatic N) is 1. The summed E-state index contributed by atoms with van der Waals surface area (Å²) in [4.78, 5) is 63.8. The van der Waals surface area contributed by atoms with Crippen molar-refractivity contribution in [2.45, 2.75) is 102 Å². The fraction of sp³-hybridized carbons (Fsp3) is 0.774. The van der Waals surface area contributed by atoms with E-state index in [9.17, 15) is 39.3 Å². The van der Waals surface area contributed by atoms with Crippen LogP contribution in [0.3, 0.4) is 0 Å². The lowest BCUT2D eigenvalue weighted by Gasteiger charge is -2.60. The van der Waals surface area contributed by atoms with E-state index >= 15 is 0 Å². The van der Waals surface area contributed by atoms with E-state index in [1.54, 1.807) is 6.08 Å². The molecule has 0 radical (unpaired) electrons. The van der Waals surface area contributed by atoms with Gasteiger partial charge in [-0.15, -0.1) is 0 Å². The topological polar surface area (TPSA) is 168 Å². The van der Waals surface area contributed by atoms with Crippen molar-refractivity contribution in [1.29, 1.82) is 0 Å². The van der Waals surface area contributed by atoms with Gasteiger partial charge in [0.1, 0.15) is 11.6 Å². The third-order valence-electron chi connectivity index (χ3n) is 11.5. The molecular weight excluding hydrogens is 546 g/mol. The van der Waals surface area contributed by atoms with E-state index in [0.29, 0.717) is 19.3 Å². The number of rotatable bonds is 7. The highest BCUT2D eigenvalue weighted by atomic mass is 16.5. The fourth-order valence-corrected chi connectivity index (χ4v) is 9.29. The summed E-state index contributed by atoms with van der Waals surface area (Å²) < 4.78 is 9.90. The number of β-amino-alcohol motifs (C(OH)–C–C–N with tert-alkyl or cyclic N) is 1. The number of allylic oxidation sites excluding steroid dienone is 1. The lowest BCUT2D eigenvalue weighted by atomic mass is 9.45. The maximum Gasteiger partial charge on any atom is 0.328 e. The molecule has 1 aliphatic heterocycles. The van der Waals surface area contributed by atoms with Crippen molar-refractivity contribution < 1.29 is 48.8 Å². The Morgan fingerprint density at radius 3 is 2.52 bits per heavy atom. The third kappa shape index (κ3) is 4.91. The molecule has 0 aromatic rings. The highest BCUT2D eigenvalue weighted by molar-refractivity contribution is 5.92. The van der Waals surface area contributed by atoms with Crippen LogP contribution in [0.1, 0.15) is 78.1 Å². The van der Waals surface area contributed by atoms with E-state index in [4.69, 9.17) is 9.47 Å². The second kappa shape index (κ2) is 11.1. The zero-order chi connectivity index (χ0) is 30.6. The average molecular weight is 590 g/mol. The number of likely N-dealkylation sites (tertiary alicyclic amines) is 1. The van der Waals surface area contributed by atoms with Gasteiger partial charge < -0.3 is 29.7 Å². The Kier molecular flexibility index (Phi) is 8.17. The number of carbonyl (C=O) groups excluding carboxylic acids is 5. The largest absolute Gasteiger partial charge is 0.467 e. The molecule has 232 valence electrons. The summed E-state index contributed by atoms with van der Waals surface area (Å²) in [6.45, 7) is 3.33. The molecule has 1 saturated heterocycles. The van der Waals surface area contributed by atoms with Crippen LogP contribution in [0, 0.1) is 28.6 Å². The molecule has 3 saturated carbocycles. The SMILES string of the molecule is COC(=O)C1CC(O)CN1C(=O)CCC(=O)OCC(=O)[C@@]1(O)CC[C@H]2[C@@H]3CCC4=CC(=O)CC[C@]4(C)[C@H]3[C@@H](O)C[C@@]21C. The Hall–Kier alpha value is -2.63. The number of aliphatic hydroxyl groups is 3. The van der Waals surface area contributed by atoms with E-state index in [1.165, 1.54) is 12.0 Å². The van der Waals surface area contributed by atoms with Crippen LogP contribution >= 0.6 is 0 Å². The molecule has 5 rings (SSSR count). The minimum Gasteiger partial charge on any atom is -0.467 e. The van der Waals surface area contributed by atoms with Gasteiger partial charge in [0.15, 0.2) is 12.4 Å². The van der Waals surface area contributed by atoms with Crippen LogP contribution in [0.15, 0.2) is 11.6 Å². The van der Waals surface area contributed by atoms with Crippen molar-refractivity contribution in [3.05, 3.63) is 11.6 Å². The number of carbonyl (C=O) groups is 5. The molecule has 0 bridgehead atoms. The number of ketones is 2. The van der Waals surface area contributed by atoms with Crippen LogP contribution in [0.2, 0.25) is 0 Å². The van der Waals surface area contributed by atoms with Gasteiger partial charge in [0.05, 0.1) is 25.7 Å². The second-order valence-corrected chi connectivity index (χ2v) is 13.5. The van der Waals surface area contributed by atoms with Crippen LogP contribution < -0.4 is 0 Å². The number of esters is 2. The first-order valence-electron chi connectivity index (χ1n) is 15.1. The Bertz CT molecular complexity index is 1200. The quantitative estimate of drug-likeness (QED) is 0.368. The van der Waals surface area contributed by atoms with Crippen LogP contribution in [-0.4, -0.2) is 93.7 Å². The summed E-state index contributed by atoms with van der Waals surface area (Å²) in [5.41, 5.74) is -1.83. The summed E-state index contributed by atoms with van der Waals surface area (Å²) >= 11 is 0. The van der Waals surface area contributed by atoms with Gasteiger partial charge in [0.25, 0.3) is 0 Å². The summed E-state index contributed by atoms with van der Waals surface area (Å²) in [6.07, 6.45) is 3.39. The average Bonchev–Trinajstić information content (AvgIpc) is 3.47. The molecule has 9 atom stereocenters. The number of amides is 1. The lowest BCUT2D eigenvalue weighted by molar-refractivity contribution is -0.184. The highest BCUT2D eigenvalue weighted by Crippen LogP contribution is 2.67. The first-order chi connectivity index (χ1) is 19.7. The van der Waals surface area contributed by atoms with E-state index in [-0.39, 0.29) is 67.6 Å². The zero-order valence-corrected chi connectivity index (χ0v) is 24.7. The van der Waals surface area contributed by atoms with Gasteiger partial charge in [-0.3, -0.25) is 19.2 Å². The van der Waals surface area contributed by atoms with Crippen LogP contribution in [0.25, 0.3) is 0 Å². The first-order valence-corrected chi connectivity index (χ1v) is 15.1. The monoisotopic (exact) mass is 589 g/mol. The Balaban J connectivity index is 1.20. The lowest BCUT2D eigenvalue weighted by Crippen LogP contribution is -2.62. The predicted molar refractivity (Wildman–Crippen MR) is 146 cm³/mol. The van der Waals surface area contributed by atoms with Gasteiger partial charge in [0.2, 0.25) is 11.7 Å². The van der Waals surface area contributed by atoms with Crippen molar-refractivity contribution in [1.82, 2.24) is 4.90 Å². The molecule has 1 heterocycles. The fourth-order valence-electron chi connectivity index (χ4n) is 9.29. The standard InChI is InChI=1S/C31H43NO10/c1-29-10-8-18(33)12-17(29)4-5-20-21-9-11-31(40,30(21,2)14-23(35)27(20)29)24(36)16-42-26(38)7-6-25(37)32-15-19(34)13-22(32)28(39)41-3/h12,19-23,27,34-35,40H,4-11,13-16H2,1-3H3/t19?,20-,21-,22?,23-,27+,29-,30-,31-/m0/s1. The number of hydrogen-bond donors (Lipinski definition) is 3. The molecule has 0 spiro atoms. The second-order valence-electron chi connectivity index (χ2n) is 13.5. The molecule has 0 aromatic carbocycles. The number of aliphatic hydroxyl groups excluding tert-OH is 2. The minimum atomic E-state index is -1.77. The third-order valence-corrected chi connectivity index (χ3v) is 11.5. The van der Waals surface area contributed by atoms with E-state index in [0.717, 1.165) is 18.4 Å². The number of hydrogen-bond acceptors (Lipinski definition) is 10. The molecule has 11 nitrogen and oxygen atoms in total. The highest BCUT2D eigenvalue weighted by Gasteiger charge is 2.68. The molecule has 4 aliphatic carbocycles. The molecule has 11 heteroatoms. The van der Waals surface area contributed by atoms with Gasteiger partial charge >= 0.3 is 11.9 Å². The molecule has 4 fully saturated rings. The molecule has 0 aromatic heterocycles. The zero-order valence-electron chi connectivity index (χ0n) is 24.7. The molecule has 1 amide bonds. The van der Waals surface area contributed by atoms with Crippen LogP contribution in [-0.2, 0) is 33.4 Å². The number of ether oxygens (including phenoxy) is 2. The van der Waals surface area contributed by atoms with Gasteiger partial charge in [0, 0.05) is 31.2 Å². The summed E-state index contributed by atoms with van der Waals surface area (Å²) in [5.74, 6) is -2.37. The van der Waals surface area contributed by atoms with Crippen molar-refractivity contribution in [2.24, 2.45) is 28.6 Å². The summed E-state index contributed by atoms with van der Waals surface area (Å²) in [6, 6.07) is -0.916. The van der Waals surface area contributed by atoms with Crippen molar-refractivity contribution in [3.8, 4) is 0 Å². The smallest absolute Gasteiger partial charge is 0.328 e. The van der Waals surface area contributed by atoms with Gasteiger partial charge in [-0.2, -0.15) is 0 Å². The molecule has 42 heavy (non-hydrogen) atoms. The molecular formula is C31H43NO10. The Morgan fingerprint density at radius 1 is 1.07 bits per heavy atom. The maximum atomic E-state index is 13.5. The van der Waals surface area contributed by atoms with Gasteiger partial charge in [-0.25, -0.2) is 4.79 Å².